The number of carboxylic acid groups (broad SMARTS) is 2. The van der Waals surface area contributed by atoms with Gasteiger partial charge >= 0.3 is 11.9 Å². The standard InChI is InChI=1S/C19H36O4/c1-19(2,15-11-7-3-5-9-13-17(20)21)16-12-8-4-6-10-14-18(22)23/h3-16H2,1-2H3,(H,20,21)(H,22,23). The van der Waals surface area contributed by atoms with Crippen LogP contribution in [0.3, 0.4) is 0 Å². The van der Waals surface area contributed by atoms with E-state index in [-0.39, 0.29) is 0 Å². The van der Waals surface area contributed by atoms with Gasteiger partial charge < -0.3 is 10.2 Å². The second-order valence-electron chi connectivity index (χ2n) is 7.49. The van der Waals surface area contributed by atoms with Gasteiger partial charge in [-0.1, -0.05) is 65.2 Å². The maximum absolute atomic E-state index is 10.4. The van der Waals surface area contributed by atoms with Crippen molar-refractivity contribution in [2.75, 3.05) is 0 Å². The highest BCUT2D eigenvalue weighted by Gasteiger charge is 2.16. The second kappa shape index (κ2) is 13.4. The molecule has 0 aliphatic carbocycles. The van der Waals surface area contributed by atoms with E-state index in [1.165, 1.54) is 38.5 Å². The Morgan fingerprint density at radius 1 is 0.609 bits per heavy atom. The summed E-state index contributed by atoms with van der Waals surface area (Å²) in [5.74, 6) is -1.37. The molecule has 0 amide bonds. The molecule has 0 aliphatic rings. The lowest BCUT2D eigenvalue weighted by Gasteiger charge is -2.24. The predicted molar refractivity (Wildman–Crippen MR) is 93.7 cm³/mol. The molecule has 0 saturated carbocycles. The molecule has 0 aliphatic heterocycles. The van der Waals surface area contributed by atoms with E-state index in [2.05, 4.69) is 13.8 Å². The van der Waals surface area contributed by atoms with Gasteiger partial charge in [-0.05, 0) is 31.1 Å². The largest absolute Gasteiger partial charge is 0.481 e. The minimum absolute atomic E-state index is 0.304. The highest BCUT2D eigenvalue weighted by Crippen LogP contribution is 2.30. The van der Waals surface area contributed by atoms with Crippen LogP contribution in [-0.4, -0.2) is 22.2 Å². The summed E-state index contributed by atoms with van der Waals surface area (Å²) in [6.45, 7) is 4.67. The smallest absolute Gasteiger partial charge is 0.303 e. The monoisotopic (exact) mass is 328 g/mol. The molecule has 0 aromatic rings. The highest BCUT2D eigenvalue weighted by atomic mass is 16.4. The fourth-order valence-electron chi connectivity index (χ4n) is 2.95. The first-order valence-corrected chi connectivity index (χ1v) is 9.27. The molecule has 0 heterocycles. The lowest BCUT2D eigenvalue weighted by molar-refractivity contribution is -0.138. The van der Waals surface area contributed by atoms with Gasteiger partial charge in [0.2, 0.25) is 0 Å². The Kier molecular flexibility index (Phi) is 12.8. The number of hydrogen-bond acceptors (Lipinski definition) is 2. The molecule has 0 aromatic carbocycles. The van der Waals surface area contributed by atoms with Crippen molar-refractivity contribution in [3.63, 3.8) is 0 Å². The summed E-state index contributed by atoms with van der Waals surface area (Å²) in [5.41, 5.74) is 0.391. The number of aliphatic carboxylic acids is 2. The van der Waals surface area contributed by atoms with Crippen molar-refractivity contribution in [2.45, 2.75) is 104 Å². The molecule has 0 rings (SSSR count). The zero-order valence-electron chi connectivity index (χ0n) is 15.1. The molecule has 0 spiro atoms. The molecule has 2 N–H and O–H groups in total. The number of hydrogen-bond donors (Lipinski definition) is 2. The summed E-state index contributed by atoms with van der Waals surface area (Å²) < 4.78 is 0. The SMILES string of the molecule is CC(C)(CCCCCCCC(=O)O)CCCCCCCC(=O)O. The molecule has 0 saturated heterocycles. The first-order valence-electron chi connectivity index (χ1n) is 9.27. The van der Waals surface area contributed by atoms with Crippen molar-refractivity contribution in [1.82, 2.24) is 0 Å². The molecule has 23 heavy (non-hydrogen) atoms. The lowest BCUT2D eigenvalue weighted by Crippen LogP contribution is -2.11. The van der Waals surface area contributed by atoms with E-state index in [1.54, 1.807) is 0 Å². The van der Waals surface area contributed by atoms with Crippen LogP contribution in [0, 0.1) is 5.41 Å². The van der Waals surface area contributed by atoms with Gasteiger partial charge in [-0.3, -0.25) is 9.59 Å². The molecule has 0 bridgehead atoms. The van der Waals surface area contributed by atoms with E-state index < -0.39 is 11.9 Å². The van der Waals surface area contributed by atoms with Crippen molar-refractivity contribution >= 4 is 11.9 Å². The van der Waals surface area contributed by atoms with Crippen molar-refractivity contribution in [1.29, 1.82) is 0 Å². The number of carboxylic acids is 2. The number of rotatable bonds is 16. The molecule has 136 valence electrons. The van der Waals surface area contributed by atoms with Crippen LogP contribution < -0.4 is 0 Å². The van der Waals surface area contributed by atoms with E-state index in [0.717, 1.165) is 38.5 Å². The maximum Gasteiger partial charge on any atom is 0.303 e. The zero-order chi connectivity index (χ0) is 17.6. The van der Waals surface area contributed by atoms with E-state index in [0.29, 0.717) is 18.3 Å². The van der Waals surface area contributed by atoms with Crippen molar-refractivity contribution in [3.05, 3.63) is 0 Å². The third-order valence-corrected chi connectivity index (χ3v) is 4.49. The normalized spacial score (nSPS) is 11.6. The fourth-order valence-corrected chi connectivity index (χ4v) is 2.95. The molecular weight excluding hydrogens is 292 g/mol. The molecule has 0 aromatic heterocycles. The quantitative estimate of drug-likeness (QED) is 0.359. The van der Waals surface area contributed by atoms with E-state index >= 15 is 0 Å². The van der Waals surface area contributed by atoms with Gasteiger partial charge in [-0.25, -0.2) is 0 Å². The summed E-state index contributed by atoms with van der Waals surface area (Å²) >= 11 is 0. The van der Waals surface area contributed by atoms with Crippen LogP contribution in [0.25, 0.3) is 0 Å². The van der Waals surface area contributed by atoms with Crippen LogP contribution in [0.4, 0.5) is 0 Å². The Bertz CT molecular complexity index is 293. The summed E-state index contributed by atoms with van der Waals surface area (Å²) in [6.07, 6.45) is 13.9. The van der Waals surface area contributed by atoms with E-state index in [4.69, 9.17) is 10.2 Å². The molecule has 4 heteroatoms. The second-order valence-corrected chi connectivity index (χ2v) is 7.49. The Labute approximate surface area is 141 Å². The van der Waals surface area contributed by atoms with Gasteiger partial charge in [0.25, 0.3) is 0 Å². The van der Waals surface area contributed by atoms with E-state index in [9.17, 15) is 9.59 Å². The minimum Gasteiger partial charge on any atom is -0.481 e. The van der Waals surface area contributed by atoms with Crippen LogP contribution >= 0.6 is 0 Å². The summed E-state index contributed by atoms with van der Waals surface area (Å²) in [5, 5.41) is 17.1. The average Bonchev–Trinajstić information content (AvgIpc) is 2.44. The molecule has 4 nitrogen and oxygen atoms in total. The van der Waals surface area contributed by atoms with Crippen molar-refractivity contribution < 1.29 is 19.8 Å². The zero-order valence-corrected chi connectivity index (χ0v) is 15.1. The fraction of sp³-hybridized carbons (Fsp3) is 0.895. The highest BCUT2D eigenvalue weighted by molar-refractivity contribution is 5.66. The van der Waals surface area contributed by atoms with E-state index in [1.807, 2.05) is 0 Å². The molecule has 0 atom stereocenters. The first kappa shape index (κ1) is 21.9. The van der Waals surface area contributed by atoms with Crippen molar-refractivity contribution in [2.24, 2.45) is 5.41 Å². The molecule has 0 unspecified atom stereocenters. The van der Waals surface area contributed by atoms with Crippen LogP contribution in [0.5, 0.6) is 0 Å². The summed E-state index contributed by atoms with van der Waals surface area (Å²) in [4.78, 5) is 20.8. The van der Waals surface area contributed by atoms with Crippen LogP contribution in [0.2, 0.25) is 0 Å². The number of unbranched alkanes of at least 4 members (excludes halogenated alkanes) is 8. The summed E-state index contributed by atoms with van der Waals surface area (Å²) in [7, 11) is 0. The third kappa shape index (κ3) is 17.1. The van der Waals surface area contributed by atoms with Gasteiger partial charge in [0, 0.05) is 12.8 Å². The molecule has 0 fully saturated rings. The minimum atomic E-state index is -0.686. The van der Waals surface area contributed by atoms with Gasteiger partial charge in [-0.15, -0.1) is 0 Å². The van der Waals surface area contributed by atoms with Crippen LogP contribution in [0.15, 0.2) is 0 Å². The van der Waals surface area contributed by atoms with Gasteiger partial charge in [0.15, 0.2) is 0 Å². The summed E-state index contributed by atoms with van der Waals surface area (Å²) in [6, 6.07) is 0. The average molecular weight is 328 g/mol. The number of carbonyl (C=O) groups is 2. The van der Waals surface area contributed by atoms with Crippen LogP contribution in [-0.2, 0) is 9.59 Å². The Morgan fingerprint density at radius 3 is 1.26 bits per heavy atom. The first-order chi connectivity index (χ1) is 10.8. The van der Waals surface area contributed by atoms with Gasteiger partial charge in [0.1, 0.15) is 0 Å². The van der Waals surface area contributed by atoms with Crippen LogP contribution in [0.1, 0.15) is 104 Å². The Balaban J connectivity index is 3.43. The lowest BCUT2D eigenvalue weighted by atomic mass is 9.82. The molecular formula is C19H36O4. The Hall–Kier alpha value is -1.06. The van der Waals surface area contributed by atoms with Gasteiger partial charge in [0.05, 0.1) is 0 Å². The maximum atomic E-state index is 10.4. The third-order valence-electron chi connectivity index (χ3n) is 4.49. The van der Waals surface area contributed by atoms with Gasteiger partial charge in [-0.2, -0.15) is 0 Å². The predicted octanol–water partition coefficient (Wildman–Crippen LogP) is 5.64. The van der Waals surface area contributed by atoms with Crippen molar-refractivity contribution in [3.8, 4) is 0 Å². The molecule has 0 radical (unpaired) electrons. The topological polar surface area (TPSA) is 74.6 Å². The Morgan fingerprint density at radius 2 is 0.913 bits per heavy atom.